The van der Waals surface area contributed by atoms with E-state index in [1.165, 1.54) is 0 Å². The number of ether oxygens (including phenoxy) is 1. The summed E-state index contributed by atoms with van der Waals surface area (Å²) in [6.45, 7) is -0.579. The van der Waals surface area contributed by atoms with Gasteiger partial charge in [0, 0.05) is 5.56 Å². The molecule has 1 aromatic rings. The molecule has 1 unspecified atom stereocenters. The third-order valence-electron chi connectivity index (χ3n) is 3.74. The number of nitrogens with zero attached hydrogens (tertiary/aromatic N) is 1. The largest absolute Gasteiger partial charge is 0.394 e. The number of hydrogen-bond acceptors (Lipinski definition) is 8. The van der Waals surface area contributed by atoms with Crippen LogP contribution in [0.15, 0.2) is 29.4 Å². The highest BCUT2D eigenvalue weighted by molar-refractivity contribution is 6.53. The predicted octanol–water partition coefficient (Wildman–Crippen LogP) is -1.84. The molecule has 1 fully saturated rings. The molecule has 2 heterocycles. The minimum Gasteiger partial charge on any atom is -0.394 e. The molecular formula is C14H16N2O7. The third kappa shape index (κ3) is 2.80. The molecule has 2 aliphatic rings. The monoisotopic (exact) mass is 324 g/mol. The Morgan fingerprint density at radius 1 is 1.17 bits per heavy atom. The van der Waals surface area contributed by atoms with Crippen LogP contribution in [0.1, 0.15) is 5.56 Å². The van der Waals surface area contributed by atoms with Gasteiger partial charge >= 0.3 is 0 Å². The molecule has 2 aliphatic heterocycles. The van der Waals surface area contributed by atoms with Crippen molar-refractivity contribution in [2.75, 3.05) is 11.9 Å². The predicted molar refractivity (Wildman–Crippen MR) is 76.5 cm³/mol. The molecule has 1 saturated heterocycles. The summed E-state index contributed by atoms with van der Waals surface area (Å²) in [5, 5.41) is 44.6. The molecule has 0 radical (unpaired) electrons. The number of fused-ring (bicyclic) bond motifs is 1. The summed E-state index contributed by atoms with van der Waals surface area (Å²) in [7, 11) is 0. The number of oxime groups is 1. The van der Waals surface area contributed by atoms with Crippen LogP contribution in [0, 0.1) is 0 Å². The Labute approximate surface area is 130 Å². The Morgan fingerprint density at radius 3 is 2.65 bits per heavy atom. The van der Waals surface area contributed by atoms with E-state index in [2.05, 4.69) is 10.5 Å². The average molecular weight is 324 g/mol. The van der Waals surface area contributed by atoms with Gasteiger partial charge in [-0.3, -0.25) is 4.79 Å². The molecular weight excluding hydrogens is 308 g/mol. The topological polar surface area (TPSA) is 141 Å². The van der Waals surface area contributed by atoms with Gasteiger partial charge in [-0.15, -0.1) is 0 Å². The van der Waals surface area contributed by atoms with E-state index in [-0.39, 0.29) is 5.71 Å². The zero-order valence-corrected chi connectivity index (χ0v) is 11.9. The van der Waals surface area contributed by atoms with Gasteiger partial charge in [-0.2, -0.15) is 0 Å². The van der Waals surface area contributed by atoms with Gasteiger partial charge in [-0.05, 0) is 6.07 Å². The number of aliphatic hydroxyl groups excluding tert-OH is 4. The number of nitrogens with one attached hydrogen (secondary N) is 1. The van der Waals surface area contributed by atoms with E-state index in [0.717, 1.165) is 0 Å². The molecule has 0 spiro atoms. The molecule has 9 nitrogen and oxygen atoms in total. The van der Waals surface area contributed by atoms with E-state index in [9.17, 15) is 20.1 Å². The maximum atomic E-state index is 11.9. The first kappa shape index (κ1) is 15.8. The molecule has 5 atom stereocenters. The molecule has 1 aromatic carbocycles. The van der Waals surface area contributed by atoms with Gasteiger partial charge in [0.2, 0.25) is 0 Å². The fourth-order valence-corrected chi connectivity index (χ4v) is 2.45. The highest BCUT2D eigenvalue weighted by Crippen LogP contribution is 2.25. The smallest absolute Gasteiger partial charge is 0.278 e. The maximum Gasteiger partial charge on any atom is 0.278 e. The van der Waals surface area contributed by atoms with Gasteiger partial charge in [0.1, 0.15) is 24.4 Å². The minimum absolute atomic E-state index is 0.00226. The number of amides is 1. The average Bonchev–Trinajstić information content (AvgIpc) is 2.87. The second kappa shape index (κ2) is 6.22. The van der Waals surface area contributed by atoms with Gasteiger partial charge in [-0.1, -0.05) is 23.4 Å². The first-order chi connectivity index (χ1) is 11.0. The number of aliphatic hydroxyl groups is 4. The fourth-order valence-electron chi connectivity index (χ4n) is 2.45. The molecule has 0 aromatic heterocycles. The van der Waals surface area contributed by atoms with Crippen molar-refractivity contribution in [2.24, 2.45) is 5.16 Å². The zero-order chi connectivity index (χ0) is 16.6. The van der Waals surface area contributed by atoms with Crippen molar-refractivity contribution in [3.63, 3.8) is 0 Å². The quantitative estimate of drug-likeness (QED) is 0.411. The number of para-hydroxylation sites is 1. The maximum absolute atomic E-state index is 11.9. The van der Waals surface area contributed by atoms with Crippen molar-refractivity contribution in [3.05, 3.63) is 29.8 Å². The van der Waals surface area contributed by atoms with Crippen LogP contribution in [-0.4, -0.2) is 69.4 Å². The highest BCUT2D eigenvalue weighted by atomic mass is 16.8. The van der Waals surface area contributed by atoms with Crippen LogP contribution < -0.4 is 5.32 Å². The van der Waals surface area contributed by atoms with Crippen molar-refractivity contribution < 1.29 is 34.8 Å². The molecule has 1 amide bonds. The molecule has 5 N–H and O–H groups in total. The minimum atomic E-state index is -1.59. The van der Waals surface area contributed by atoms with Gasteiger partial charge in [0.05, 0.1) is 12.3 Å². The van der Waals surface area contributed by atoms with Gasteiger partial charge in [0.15, 0.2) is 5.71 Å². The molecule has 23 heavy (non-hydrogen) atoms. The van der Waals surface area contributed by atoms with Gasteiger partial charge < -0.3 is 35.3 Å². The van der Waals surface area contributed by atoms with Gasteiger partial charge in [-0.25, -0.2) is 0 Å². The van der Waals surface area contributed by atoms with E-state index < -0.39 is 43.2 Å². The van der Waals surface area contributed by atoms with Crippen LogP contribution in [0.25, 0.3) is 0 Å². The number of benzene rings is 1. The van der Waals surface area contributed by atoms with Crippen LogP contribution >= 0.6 is 0 Å². The lowest BCUT2D eigenvalue weighted by molar-refractivity contribution is -0.301. The van der Waals surface area contributed by atoms with Crippen molar-refractivity contribution in [1.29, 1.82) is 0 Å². The number of rotatable bonds is 3. The van der Waals surface area contributed by atoms with E-state index in [1.807, 2.05) is 0 Å². The molecule has 9 heteroatoms. The Hall–Kier alpha value is -2.04. The first-order valence-corrected chi connectivity index (χ1v) is 6.98. The normalized spacial score (nSPS) is 35.0. The van der Waals surface area contributed by atoms with E-state index in [1.54, 1.807) is 24.3 Å². The Morgan fingerprint density at radius 2 is 1.91 bits per heavy atom. The molecule has 0 saturated carbocycles. The molecule has 0 bridgehead atoms. The lowest BCUT2D eigenvalue weighted by atomic mass is 9.99. The zero-order valence-electron chi connectivity index (χ0n) is 11.9. The van der Waals surface area contributed by atoms with E-state index in [4.69, 9.17) is 14.7 Å². The molecule has 124 valence electrons. The first-order valence-electron chi connectivity index (χ1n) is 6.98. The number of anilines is 1. The second-order valence-corrected chi connectivity index (χ2v) is 5.24. The van der Waals surface area contributed by atoms with Crippen molar-refractivity contribution >= 4 is 17.3 Å². The van der Waals surface area contributed by atoms with Crippen LogP contribution in [0.4, 0.5) is 5.69 Å². The standard InChI is InChI=1S/C14H16N2O7/c17-5-8-10(18)11(19)12(20)14(22-8)23-16-9-6-3-1-2-4-7(6)15-13(9)21/h1-4,8,10-12,14,17-20H,5H2,(H,15,16,21)/t8-,10-,11+,12-,14?/m1/s1. The van der Waals surface area contributed by atoms with Crippen molar-refractivity contribution in [3.8, 4) is 0 Å². The van der Waals surface area contributed by atoms with E-state index in [0.29, 0.717) is 11.3 Å². The Bertz CT molecular complexity index is 633. The van der Waals surface area contributed by atoms with Crippen molar-refractivity contribution in [2.45, 2.75) is 30.7 Å². The number of carbonyl (C=O) groups excluding carboxylic acids is 1. The van der Waals surface area contributed by atoms with Crippen LogP contribution in [0.5, 0.6) is 0 Å². The number of carbonyl (C=O) groups is 1. The summed E-state index contributed by atoms with van der Waals surface area (Å²) in [4.78, 5) is 16.9. The van der Waals surface area contributed by atoms with Crippen molar-refractivity contribution in [1.82, 2.24) is 0 Å². The Kier molecular flexibility index (Phi) is 4.28. The second-order valence-electron chi connectivity index (χ2n) is 5.24. The fraction of sp³-hybridized carbons (Fsp3) is 0.429. The molecule has 3 rings (SSSR count). The lowest BCUT2D eigenvalue weighted by Crippen LogP contribution is -2.58. The highest BCUT2D eigenvalue weighted by Gasteiger charge is 2.45. The summed E-state index contributed by atoms with van der Waals surface area (Å²) in [6.07, 6.45) is -7.19. The Balaban J connectivity index is 1.78. The summed E-state index contributed by atoms with van der Waals surface area (Å²) in [5.74, 6) is -0.476. The number of hydrogen-bond donors (Lipinski definition) is 5. The summed E-state index contributed by atoms with van der Waals surface area (Å²) in [5.41, 5.74) is 1.10. The summed E-state index contributed by atoms with van der Waals surface area (Å²) in [6, 6.07) is 6.84. The van der Waals surface area contributed by atoms with Crippen LogP contribution in [-0.2, 0) is 14.4 Å². The van der Waals surface area contributed by atoms with Crippen LogP contribution in [0.3, 0.4) is 0 Å². The lowest BCUT2D eigenvalue weighted by Gasteiger charge is -2.38. The SMILES string of the molecule is O=C1Nc2ccccc2C1=NOC1O[C@H](CO)[C@@H](O)[C@H](O)[C@H]1O. The van der Waals surface area contributed by atoms with Crippen LogP contribution in [0.2, 0.25) is 0 Å². The summed E-state index contributed by atoms with van der Waals surface area (Å²) < 4.78 is 5.14. The molecule has 0 aliphatic carbocycles. The van der Waals surface area contributed by atoms with E-state index >= 15 is 0 Å². The third-order valence-corrected chi connectivity index (χ3v) is 3.74. The van der Waals surface area contributed by atoms with Gasteiger partial charge in [0.25, 0.3) is 12.2 Å². The summed E-state index contributed by atoms with van der Waals surface area (Å²) >= 11 is 0.